The zero-order valence-corrected chi connectivity index (χ0v) is 16.0. The average Bonchev–Trinajstić information content (AvgIpc) is 2.99. The van der Waals surface area contributed by atoms with Crippen LogP contribution in [0.3, 0.4) is 0 Å². The van der Waals surface area contributed by atoms with Crippen LogP contribution >= 0.6 is 0 Å². The Balaban J connectivity index is 1.62. The van der Waals surface area contributed by atoms with Crippen LogP contribution in [0.4, 0.5) is 13.2 Å². The molecule has 10 heteroatoms. The third-order valence-electron chi connectivity index (χ3n) is 4.76. The number of halogens is 3. The molecule has 29 heavy (non-hydrogen) atoms. The number of nitrogens with zero attached hydrogens (tertiary/aromatic N) is 4. The van der Waals surface area contributed by atoms with Gasteiger partial charge in [-0.15, -0.1) is 0 Å². The molecule has 152 valence electrons. The first kappa shape index (κ1) is 19.6. The standard InChI is InChI=1S/C19H17F3N4O2S/c20-19(21,22)15-6-4-14(5-7-15)18-11-16-13-25(9-2-10-26(16)24-18)29(27,28)17-3-1-8-23-12-17/h1,3-8,11-12H,2,9-10,13H2. The second-order valence-electron chi connectivity index (χ2n) is 6.70. The number of hydrogen-bond donors (Lipinski definition) is 0. The Kier molecular flexibility index (Phi) is 4.91. The molecule has 0 saturated heterocycles. The number of pyridine rings is 1. The van der Waals surface area contributed by atoms with E-state index in [1.807, 2.05) is 0 Å². The quantitative estimate of drug-likeness (QED) is 0.647. The van der Waals surface area contributed by atoms with Gasteiger partial charge in [0.25, 0.3) is 0 Å². The lowest BCUT2D eigenvalue weighted by Gasteiger charge is -2.19. The van der Waals surface area contributed by atoms with Gasteiger partial charge < -0.3 is 0 Å². The number of sulfonamides is 1. The lowest BCUT2D eigenvalue weighted by molar-refractivity contribution is -0.137. The van der Waals surface area contributed by atoms with Crippen molar-refractivity contribution in [2.24, 2.45) is 0 Å². The number of aryl methyl sites for hydroxylation is 1. The molecule has 0 aliphatic carbocycles. The van der Waals surface area contributed by atoms with E-state index in [9.17, 15) is 21.6 Å². The minimum Gasteiger partial charge on any atom is -0.268 e. The number of alkyl halides is 3. The van der Waals surface area contributed by atoms with Crippen molar-refractivity contribution in [1.82, 2.24) is 19.1 Å². The van der Waals surface area contributed by atoms with Gasteiger partial charge in [-0.05, 0) is 36.8 Å². The smallest absolute Gasteiger partial charge is 0.268 e. The minimum atomic E-state index is -4.40. The van der Waals surface area contributed by atoms with Gasteiger partial charge in [-0.2, -0.15) is 22.6 Å². The van der Waals surface area contributed by atoms with Crippen molar-refractivity contribution in [2.45, 2.75) is 30.6 Å². The summed E-state index contributed by atoms with van der Waals surface area (Å²) in [5, 5.41) is 4.46. The zero-order chi connectivity index (χ0) is 20.6. The molecule has 0 saturated carbocycles. The fraction of sp³-hybridized carbons (Fsp3) is 0.263. The van der Waals surface area contributed by atoms with Gasteiger partial charge in [0.1, 0.15) is 4.90 Å². The van der Waals surface area contributed by atoms with E-state index in [1.165, 1.54) is 34.9 Å². The van der Waals surface area contributed by atoms with Gasteiger partial charge in [-0.3, -0.25) is 9.67 Å². The Hall–Kier alpha value is -2.72. The molecule has 3 aromatic rings. The Labute approximate surface area is 165 Å². The lowest BCUT2D eigenvalue weighted by atomic mass is 10.1. The first-order chi connectivity index (χ1) is 13.7. The monoisotopic (exact) mass is 422 g/mol. The SMILES string of the molecule is O=S(=O)(c1cccnc1)N1CCCn2nc(-c3ccc(C(F)(F)F)cc3)cc2C1. The van der Waals surface area contributed by atoms with E-state index in [1.54, 1.807) is 16.8 Å². The molecule has 0 spiro atoms. The van der Waals surface area contributed by atoms with Crippen LogP contribution in [0.1, 0.15) is 17.7 Å². The molecule has 6 nitrogen and oxygen atoms in total. The van der Waals surface area contributed by atoms with E-state index in [-0.39, 0.29) is 11.4 Å². The average molecular weight is 422 g/mol. The van der Waals surface area contributed by atoms with Crippen LogP contribution in [-0.4, -0.2) is 34.0 Å². The van der Waals surface area contributed by atoms with Gasteiger partial charge in [-0.1, -0.05) is 12.1 Å². The molecular weight excluding hydrogens is 405 g/mol. The molecule has 0 unspecified atom stereocenters. The van der Waals surface area contributed by atoms with E-state index in [2.05, 4.69) is 10.1 Å². The Morgan fingerprint density at radius 2 is 1.79 bits per heavy atom. The van der Waals surface area contributed by atoms with E-state index in [0.29, 0.717) is 36.5 Å². The number of hydrogen-bond acceptors (Lipinski definition) is 4. The van der Waals surface area contributed by atoms with Crippen molar-refractivity contribution in [3.05, 3.63) is 66.1 Å². The molecule has 1 aliphatic rings. The summed E-state index contributed by atoms with van der Waals surface area (Å²) in [6, 6.07) is 9.55. The fourth-order valence-electron chi connectivity index (χ4n) is 3.26. The molecule has 0 N–H and O–H groups in total. The predicted molar refractivity (Wildman–Crippen MR) is 99.1 cm³/mol. The molecule has 1 aromatic carbocycles. The summed E-state index contributed by atoms with van der Waals surface area (Å²) in [4.78, 5) is 4.00. The van der Waals surface area contributed by atoms with Crippen LogP contribution in [0.15, 0.2) is 59.8 Å². The summed E-state index contributed by atoms with van der Waals surface area (Å²) in [5.74, 6) is 0. The Morgan fingerprint density at radius 1 is 1.03 bits per heavy atom. The highest BCUT2D eigenvalue weighted by Crippen LogP contribution is 2.31. The molecule has 0 fully saturated rings. The minimum absolute atomic E-state index is 0.121. The molecule has 0 amide bonds. The van der Waals surface area contributed by atoms with Crippen molar-refractivity contribution in [3.8, 4) is 11.3 Å². The Morgan fingerprint density at radius 3 is 2.45 bits per heavy atom. The summed E-state index contributed by atoms with van der Waals surface area (Å²) in [6.45, 7) is 0.996. The van der Waals surface area contributed by atoms with Gasteiger partial charge >= 0.3 is 6.18 Å². The number of rotatable bonds is 3. The van der Waals surface area contributed by atoms with Crippen LogP contribution in [0, 0.1) is 0 Å². The lowest BCUT2D eigenvalue weighted by Crippen LogP contribution is -2.30. The summed E-state index contributed by atoms with van der Waals surface area (Å²) >= 11 is 0. The molecule has 1 aliphatic heterocycles. The second kappa shape index (κ2) is 7.27. The maximum absolute atomic E-state index is 12.9. The maximum Gasteiger partial charge on any atom is 0.416 e. The third-order valence-corrected chi connectivity index (χ3v) is 6.59. The zero-order valence-electron chi connectivity index (χ0n) is 15.2. The van der Waals surface area contributed by atoms with Crippen molar-refractivity contribution < 1.29 is 21.6 Å². The number of benzene rings is 1. The highest BCUT2D eigenvalue weighted by molar-refractivity contribution is 7.89. The summed E-state index contributed by atoms with van der Waals surface area (Å²) in [5.41, 5.74) is 1.01. The fourth-order valence-corrected chi connectivity index (χ4v) is 4.67. The van der Waals surface area contributed by atoms with Gasteiger partial charge in [-0.25, -0.2) is 8.42 Å². The maximum atomic E-state index is 12.9. The third kappa shape index (κ3) is 3.90. The van der Waals surface area contributed by atoms with Crippen molar-refractivity contribution in [2.75, 3.05) is 6.54 Å². The van der Waals surface area contributed by atoms with E-state index < -0.39 is 21.8 Å². The summed E-state index contributed by atoms with van der Waals surface area (Å²) in [6.07, 6.45) is -1.01. The van der Waals surface area contributed by atoms with Crippen LogP contribution < -0.4 is 0 Å². The first-order valence-electron chi connectivity index (χ1n) is 8.90. The molecule has 2 aromatic heterocycles. The van der Waals surface area contributed by atoms with Gasteiger partial charge in [0.15, 0.2) is 0 Å². The van der Waals surface area contributed by atoms with E-state index in [0.717, 1.165) is 12.1 Å². The van der Waals surface area contributed by atoms with Crippen LogP contribution in [0.25, 0.3) is 11.3 Å². The van der Waals surface area contributed by atoms with Crippen LogP contribution in [0.2, 0.25) is 0 Å². The molecule has 0 radical (unpaired) electrons. The van der Waals surface area contributed by atoms with E-state index >= 15 is 0 Å². The van der Waals surface area contributed by atoms with Gasteiger partial charge in [0, 0.05) is 31.0 Å². The Bertz CT molecular complexity index is 1110. The van der Waals surface area contributed by atoms with Gasteiger partial charge in [0.2, 0.25) is 10.0 Å². The molecule has 0 atom stereocenters. The molecular formula is C19H17F3N4O2S. The van der Waals surface area contributed by atoms with Crippen molar-refractivity contribution in [3.63, 3.8) is 0 Å². The molecule has 4 rings (SSSR count). The van der Waals surface area contributed by atoms with Crippen LogP contribution in [0.5, 0.6) is 0 Å². The number of fused-ring (bicyclic) bond motifs is 1. The second-order valence-corrected chi connectivity index (χ2v) is 8.64. The van der Waals surface area contributed by atoms with Crippen LogP contribution in [-0.2, 0) is 29.3 Å². The van der Waals surface area contributed by atoms with Crippen molar-refractivity contribution in [1.29, 1.82) is 0 Å². The summed E-state index contributed by atoms with van der Waals surface area (Å²) < 4.78 is 67.2. The highest BCUT2D eigenvalue weighted by Gasteiger charge is 2.31. The summed E-state index contributed by atoms with van der Waals surface area (Å²) in [7, 11) is -3.70. The van der Waals surface area contributed by atoms with Crippen molar-refractivity contribution >= 4 is 10.0 Å². The predicted octanol–water partition coefficient (Wildman–Crippen LogP) is 3.56. The molecule has 3 heterocycles. The normalized spacial score (nSPS) is 15.7. The first-order valence-corrected chi connectivity index (χ1v) is 10.3. The molecule has 0 bridgehead atoms. The number of aromatic nitrogens is 3. The highest BCUT2D eigenvalue weighted by atomic mass is 32.2. The topological polar surface area (TPSA) is 68.1 Å². The van der Waals surface area contributed by atoms with E-state index in [4.69, 9.17) is 0 Å². The van der Waals surface area contributed by atoms with Gasteiger partial charge in [0.05, 0.1) is 23.5 Å². The largest absolute Gasteiger partial charge is 0.416 e.